The van der Waals surface area contributed by atoms with Crippen LogP contribution < -0.4 is 0 Å². The van der Waals surface area contributed by atoms with E-state index in [9.17, 15) is 4.79 Å². The predicted molar refractivity (Wildman–Crippen MR) is 82.4 cm³/mol. The number of nitrogens with zero attached hydrogens (tertiary/aromatic N) is 1. The number of ketones is 1. The van der Waals surface area contributed by atoms with Gasteiger partial charge in [0, 0.05) is 11.1 Å². The number of thioether (sulfide) groups is 1. The van der Waals surface area contributed by atoms with Crippen LogP contribution in [0.25, 0.3) is 11.0 Å². The lowest BCUT2D eigenvalue weighted by Gasteiger charge is -2.00. The van der Waals surface area contributed by atoms with Gasteiger partial charge in [0.25, 0.3) is 0 Å². The van der Waals surface area contributed by atoms with Crippen LogP contribution in [0.3, 0.4) is 0 Å². The monoisotopic (exact) mass is 282 g/mol. The molecule has 0 saturated heterocycles. The van der Waals surface area contributed by atoms with Crippen molar-refractivity contribution in [3.63, 3.8) is 0 Å². The molecule has 0 atom stereocenters. The second-order valence-corrected chi connectivity index (χ2v) is 5.65. The van der Waals surface area contributed by atoms with Gasteiger partial charge in [-0.15, -0.1) is 0 Å². The summed E-state index contributed by atoms with van der Waals surface area (Å²) < 4.78 is 0. The first-order chi connectivity index (χ1) is 9.78. The van der Waals surface area contributed by atoms with E-state index in [1.807, 2.05) is 48.5 Å². The van der Waals surface area contributed by atoms with Crippen LogP contribution in [-0.4, -0.2) is 21.5 Å². The van der Waals surface area contributed by atoms with Crippen molar-refractivity contribution in [2.24, 2.45) is 0 Å². The van der Waals surface area contributed by atoms with Gasteiger partial charge in [-0.05, 0) is 24.0 Å². The minimum atomic E-state index is 0.0341. The second-order valence-electron chi connectivity index (χ2n) is 4.40. The molecule has 3 rings (SSSR count). The molecule has 1 N–H and O–H groups in total. The molecule has 0 aliphatic rings. The van der Waals surface area contributed by atoms with Crippen molar-refractivity contribution in [1.29, 1.82) is 0 Å². The Hall–Kier alpha value is -2.07. The molecule has 1 aromatic heterocycles. The average molecular weight is 282 g/mol. The van der Waals surface area contributed by atoms with Crippen molar-refractivity contribution in [3.8, 4) is 0 Å². The third-order valence-corrected chi connectivity index (χ3v) is 3.79. The van der Waals surface area contributed by atoms with Crippen LogP contribution in [-0.2, 0) is 0 Å². The third-order valence-electron chi connectivity index (χ3n) is 3.04. The van der Waals surface area contributed by atoms with Crippen molar-refractivity contribution in [3.05, 3.63) is 59.7 Å². The van der Waals surface area contributed by atoms with Crippen LogP contribution >= 0.6 is 11.8 Å². The number of carbonyl (C=O) groups excluding carboxylic acids is 1. The first-order valence-corrected chi connectivity index (χ1v) is 7.49. The second kappa shape index (κ2) is 5.51. The summed E-state index contributed by atoms with van der Waals surface area (Å²) in [6.07, 6.45) is 0. The Morgan fingerprint density at radius 2 is 1.95 bits per heavy atom. The van der Waals surface area contributed by atoms with Gasteiger partial charge in [-0.1, -0.05) is 49.0 Å². The van der Waals surface area contributed by atoms with E-state index in [0.717, 1.165) is 21.9 Å². The number of hydrogen-bond acceptors (Lipinski definition) is 3. The van der Waals surface area contributed by atoms with Crippen molar-refractivity contribution >= 4 is 28.6 Å². The predicted octanol–water partition coefficient (Wildman–Crippen LogP) is 3.91. The minimum Gasteiger partial charge on any atom is -0.333 e. The fraction of sp³-hybridized carbons (Fsp3) is 0.125. The average Bonchev–Trinajstić information content (AvgIpc) is 2.89. The summed E-state index contributed by atoms with van der Waals surface area (Å²) >= 11 is 1.66. The Labute approximate surface area is 121 Å². The van der Waals surface area contributed by atoms with Crippen LogP contribution in [0.15, 0.2) is 53.7 Å². The van der Waals surface area contributed by atoms with Crippen molar-refractivity contribution in [2.45, 2.75) is 12.1 Å². The quantitative estimate of drug-likeness (QED) is 0.583. The van der Waals surface area contributed by atoms with E-state index in [4.69, 9.17) is 0 Å². The van der Waals surface area contributed by atoms with E-state index < -0.39 is 0 Å². The molecule has 3 aromatic rings. The van der Waals surface area contributed by atoms with E-state index in [1.165, 1.54) is 0 Å². The molecule has 2 aromatic carbocycles. The molecule has 4 heteroatoms. The SMILES string of the molecule is CCSc1nc2ccc(C(=O)c3ccccc3)cc2[nH]1. The summed E-state index contributed by atoms with van der Waals surface area (Å²) in [6, 6.07) is 14.9. The Morgan fingerprint density at radius 3 is 2.70 bits per heavy atom. The molecule has 20 heavy (non-hydrogen) atoms. The number of nitrogens with one attached hydrogen (secondary N) is 1. The lowest BCUT2D eigenvalue weighted by atomic mass is 10.0. The molecule has 0 aliphatic heterocycles. The number of rotatable bonds is 4. The number of carbonyl (C=O) groups is 1. The normalized spacial score (nSPS) is 10.8. The summed E-state index contributed by atoms with van der Waals surface area (Å²) in [5.41, 5.74) is 3.18. The number of aromatic amines is 1. The number of hydrogen-bond donors (Lipinski definition) is 1. The van der Waals surface area contributed by atoms with E-state index in [1.54, 1.807) is 11.8 Å². The summed E-state index contributed by atoms with van der Waals surface area (Å²) in [5, 5.41) is 0.895. The van der Waals surface area contributed by atoms with Crippen molar-refractivity contribution in [2.75, 3.05) is 5.75 Å². The number of imidazole rings is 1. The summed E-state index contributed by atoms with van der Waals surface area (Å²) in [4.78, 5) is 20.1. The summed E-state index contributed by atoms with van der Waals surface area (Å²) in [6.45, 7) is 2.09. The van der Waals surface area contributed by atoms with Gasteiger partial charge >= 0.3 is 0 Å². The standard InChI is InChI=1S/C16H14N2OS/c1-2-20-16-17-13-9-8-12(10-14(13)18-16)15(19)11-6-4-3-5-7-11/h3-10H,2H2,1H3,(H,17,18). The van der Waals surface area contributed by atoms with E-state index in [2.05, 4.69) is 16.9 Å². The Bertz CT molecular complexity index is 750. The Balaban J connectivity index is 1.98. The van der Waals surface area contributed by atoms with Gasteiger partial charge in [0.2, 0.25) is 0 Å². The highest BCUT2D eigenvalue weighted by Crippen LogP contribution is 2.21. The van der Waals surface area contributed by atoms with Crippen molar-refractivity contribution < 1.29 is 4.79 Å². The summed E-state index contributed by atoms with van der Waals surface area (Å²) in [7, 11) is 0. The molecule has 0 aliphatic carbocycles. The fourth-order valence-corrected chi connectivity index (χ4v) is 2.71. The van der Waals surface area contributed by atoms with Crippen LogP contribution in [0.4, 0.5) is 0 Å². The lowest BCUT2D eigenvalue weighted by molar-refractivity contribution is 0.103. The molecule has 0 spiro atoms. The maximum atomic E-state index is 12.4. The van der Waals surface area contributed by atoms with Gasteiger partial charge < -0.3 is 4.98 Å². The van der Waals surface area contributed by atoms with E-state index in [0.29, 0.717) is 11.1 Å². The first kappa shape index (κ1) is 12.9. The molecule has 0 fully saturated rings. The van der Waals surface area contributed by atoms with Crippen LogP contribution in [0, 0.1) is 0 Å². The molecule has 0 amide bonds. The molecule has 0 radical (unpaired) electrons. The maximum absolute atomic E-state index is 12.4. The Kier molecular flexibility index (Phi) is 3.56. The highest BCUT2D eigenvalue weighted by atomic mass is 32.2. The van der Waals surface area contributed by atoms with Gasteiger partial charge in [-0.3, -0.25) is 4.79 Å². The number of benzene rings is 2. The fourth-order valence-electron chi connectivity index (χ4n) is 2.09. The molecule has 0 saturated carbocycles. The van der Waals surface area contributed by atoms with Gasteiger partial charge in [-0.25, -0.2) is 4.98 Å². The molecule has 0 bridgehead atoms. The number of fused-ring (bicyclic) bond motifs is 1. The first-order valence-electron chi connectivity index (χ1n) is 6.50. The smallest absolute Gasteiger partial charge is 0.193 e. The minimum absolute atomic E-state index is 0.0341. The van der Waals surface area contributed by atoms with Crippen LogP contribution in [0.1, 0.15) is 22.8 Å². The van der Waals surface area contributed by atoms with Crippen molar-refractivity contribution in [1.82, 2.24) is 9.97 Å². The highest BCUT2D eigenvalue weighted by molar-refractivity contribution is 7.99. The zero-order valence-corrected chi connectivity index (χ0v) is 11.9. The number of H-pyrrole nitrogens is 1. The summed E-state index contributed by atoms with van der Waals surface area (Å²) in [5.74, 6) is 1.00. The topological polar surface area (TPSA) is 45.8 Å². The molecule has 100 valence electrons. The maximum Gasteiger partial charge on any atom is 0.193 e. The zero-order chi connectivity index (χ0) is 13.9. The molecule has 1 heterocycles. The zero-order valence-electron chi connectivity index (χ0n) is 11.1. The van der Waals surface area contributed by atoms with E-state index >= 15 is 0 Å². The number of aromatic nitrogens is 2. The highest BCUT2D eigenvalue weighted by Gasteiger charge is 2.10. The third kappa shape index (κ3) is 2.47. The molecular weight excluding hydrogens is 268 g/mol. The molecule has 3 nitrogen and oxygen atoms in total. The molecular formula is C16H14N2OS. The van der Waals surface area contributed by atoms with Gasteiger partial charge in [0.15, 0.2) is 10.9 Å². The van der Waals surface area contributed by atoms with Crippen LogP contribution in [0.2, 0.25) is 0 Å². The largest absolute Gasteiger partial charge is 0.333 e. The Morgan fingerprint density at radius 1 is 1.15 bits per heavy atom. The van der Waals surface area contributed by atoms with Gasteiger partial charge in [0.1, 0.15) is 0 Å². The molecule has 0 unspecified atom stereocenters. The van der Waals surface area contributed by atoms with Crippen LogP contribution in [0.5, 0.6) is 0 Å². The van der Waals surface area contributed by atoms with Gasteiger partial charge in [0.05, 0.1) is 11.0 Å². The van der Waals surface area contributed by atoms with E-state index in [-0.39, 0.29) is 5.78 Å². The lowest BCUT2D eigenvalue weighted by Crippen LogP contribution is -2.00. The van der Waals surface area contributed by atoms with Gasteiger partial charge in [-0.2, -0.15) is 0 Å².